The fraction of sp³-hybridized carbons (Fsp3) is 0.579. The monoisotopic (exact) mass is 348 g/mol. The Hall–Kier alpha value is -2.11. The number of ether oxygens (including phenoxy) is 1. The molecule has 25 heavy (non-hydrogen) atoms. The Bertz CT molecular complexity index is 658. The molecule has 2 aliphatic heterocycles. The van der Waals surface area contributed by atoms with Crippen LogP contribution in [0.25, 0.3) is 0 Å². The van der Waals surface area contributed by atoms with Gasteiger partial charge in [-0.05, 0) is 49.8 Å². The first-order valence-electron chi connectivity index (χ1n) is 8.93. The van der Waals surface area contributed by atoms with Gasteiger partial charge < -0.3 is 15.0 Å². The van der Waals surface area contributed by atoms with Crippen molar-refractivity contribution >= 4 is 11.8 Å². The molecule has 3 rings (SSSR count). The quantitative estimate of drug-likeness (QED) is 0.859. The van der Waals surface area contributed by atoms with Gasteiger partial charge >= 0.3 is 0 Å². The van der Waals surface area contributed by atoms with Crippen LogP contribution in [0.2, 0.25) is 0 Å². The highest BCUT2D eigenvalue weighted by molar-refractivity contribution is 5.80. The molecule has 1 aromatic rings. The number of likely N-dealkylation sites (tertiary alicyclic amines) is 1. The van der Waals surface area contributed by atoms with E-state index in [4.69, 9.17) is 4.74 Å². The molecule has 0 spiro atoms. The molecule has 1 N–H and O–H groups in total. The maximum atomic E-state index is 13.6. The number of carbonyl (C=O) groups excluding carboxylic acids is 2. The fourth-order valence-corrected chi connectivity index (χ4v) is 3.86. The molecule has 5 nitrogen and oxygen atoms in total. The van der Waals surface area contributed by atoms with Gasteiger partial charge in [0.05, 0.1) is 7.11 Å². The maximum absolute atomic E-state index is 13.6. The van der Waals surface area contributed by atoms with Crippen LogP contribution in [-0.4, -0.2) is 42.5 Å². The molecule has 2 heterocycles. The van der Waals surface area contributed by atoms with Gasteiger partial charge in [-0.25, -0.2) is 4.39 Å². The van der Waals surface area contributed by atoms with E-state index in [2.05, 4.69) is 5.32 Å². The summed E-state index contributed by atoms with van der Waals surface area (Å²) < 4.78 is 18.7. The number of rotatable bonds is 6. The van der Waals surface area contributed by atoms with Gasteiger partial charge in [0.25, 0.3) is 0 Å². The lowest BCUT2D eigenvalue weighted by Crippen LogP contribution is -2.44. The largest absolute Gasteiger partial charge is 0.494 e. The van der Waals surface area contributed by atoms with Crippen molar-refractivity contribution in [2.75, 3.05) is 20.2 Å². The Morgan fingerprint density at radius 2 is 2.12 bits per heavy atom. The molecular weight excluding hydrogens is 323 g/mol. The molecule has 0 saturated carbocycles. The topological polar surface area (TPSA) is 58.6 Å². The van der Waals surface area contributed by atoms with E-state index in [1.807, 2.05) is 4.90 Å². The minimum atomic E-state index is -0.435. The Balaban J connectivity index is 1.70. The van der Waals surface area contributed by atoms with Crippen LogP contribution >= 0.6 is 0 Å². The normalized spacial score (nSPS) is 23.0. The second-order valence-electron chi connectivity index (χ2n) is 7.06. The summed E-state index contributed by atoms with van der Waals surface area (Å²) in [7, 11) is 1.43. The Kier molecular flexibility index (Phi) is 5.25. The van der Waals surface area contributed by atoms with E-state index >= 15 is 0 Å². The molecule has 1 aromatic carbocycles. The lowest BCUT2D eigenvalue weighted by molar-refractivity contribution is -0.130. The van der Waals surface area contributed by atoms with E-state index in [1.165, 1.54) is 13.2 Å². The summed E-state index contributed by atoms with van der Waals surface area (Å²) in [5, 5.41) is 3.07. The molecule has 6 heteroatoms. The third kappa shape index (κ3) is 4.11. The molecular formula is C19H25FN2O3. The van der Waals surface area contributed by atoms with Crippen LogP contribution in [-0.2, 0) is 16.0 Å². The maximum Gasteiger partial charge on any atom is 0.222 e. The van der Waals surface area contributed by atoms with Crippen molar-refractivity contribution in [3.05, 3.63) is 29.6 Å². The molecule has 2 fully saturated rings. The Morgan fingerprint density at radius 3 is 2.76 bits per heavy atom. The first kappa shape index (κ1) is 17.7. The Labute approximate surface area is 147 Å². The zero-order valence-electron chi connectivity index (χ0n) is 14.6. The van der Waals surface area contributed by atoms with Crippen LogP contribution in [0.5, 0.6) is 5.75 Å². The zero-order valence-corrected chi connectivity index (χ0v) is 14.6. The van der Waals surface area contributed by atoms with E-state index < -0.39 is 11.4 Å². The molecule has 0 unspecified atom stereocenters. The molecule has 1 atom stereocenters. The fourth-order valence-electron chi connectivity index (χ4n) is 3.86. The number of nitrogens with zero attached hydrogens (tertiary/aromatic N) is 1. The number of nitrogens with one attached hydrogen (secondary N) is 1. The summed E-state index contributed by atoms with van der Waals surface area (Å²) in [6.07, 6.45) is 4.91. The molecule has 136 valence electrons. The van der Waals surface area contributed by atoms with Crippen molar-refractivity contribution in [2.24, 2.45) is 0 Å². The van der Waals surface area contributed by atoms with Gasteiger partial charge in [-0.2, -0.15) is 0 Å². The summed E-state index contributed by atoms with van der Waals surface area (Å²) in [6.45, 7) is 1.68. The predicted octanol–water partition coefficient (Wildman–Crippen LogP) is 2.43. The molecule has 0 aliphatic carbocycles. The highest BCUT2D eigenvalue weighted by Gasteiger charge is 2.38. The summed E-state index contributed by atoms with van der Waals surface area (Å²) in [5.41, 5.74) is 0.462. The predicted molar refractivity (Wildman–Crippen MR) is 91.8 cm³/mol. The number of benzene rings is 1. The molecule has 0 radical (unpaired) electrons. The Morgan fingerprint density at radius 1 is 1.36 bits per heavy atom. The van der Waals surface area contributed by atoms with Gasteiger partial charge in [-0.3, -0.25) is 9.59 Å². The van der Waals surface area contributed by atoms with Crippen molar-refractivity contribution in [1.29, 1.82) is 0 Å². The minimum Gasteiger partial charge on any atom is -0.494 e. The lowest BCUT2D eigenvalue weighted by Gasteiger charge is -2.30. The van der Waals surface area contributed by atoms with Gasteiger partial charge in [0.2, 0.25) is 11.8 Å². The molecule has 0 bridgehead atoms. The van der Waals surface area contributed by atoms with E-state index in [1.54, 1.807) is 12.1 Å². The van der Waals surface area contributed by atoms with Crippen LogP contribution in [0, 0.1) is 5.82 Å². The van der Waals surface area contributed by atoms with Gasteiger partial charge in [0.1, 0.15) is 0 Å². The smallest absolute Gasteiger partial charge is 0.222 e. The number of amides is 2. The van der Waals surface area contributed by atoms with Gasteiger partial charge in [0.15, 0.2) is 11.6 Å². The average molecular weight is 348 g/mol. The van der Waals surface area contributed by atoms with Gasteiger partial charge in [0, 0.05) is 31.5 Å². The van der Waals surface area contributed by atoms with Crippen molar-refractivity contribution in [1.82, 2.24) is 10.2 Å². The van der Waals surface area contributed by atoms with Crippen molar-refractivity contribution in [3.63, 3.8) is 0 Å². The van der Waals surface area contributed by atoms with Crippen LogP contribution < -0.4 is 10.1 Å². The standard InChI is InChI=1S/C19H25FN2O3/c1-25-16-12-14(4-5-15(16)20)13-19(8-6-17(23)21-19)9-7-18(24)22-10-2-3-11-22/h4-5,12H,2-3,6-11,13H2,1H3,(H,21,23)/t19-/m0/s1. The highest BCUT2D eigenvalue weighted by Crippen LogP contribution is 2.31. The van der Waals surface area contributed by atoms with Crippen LogP contribution in [0.4, 0.5) is 4.39 Å². The number of hydrogen-bond acceptors (Lipinski definition) is 3. The molecule has 2 aliphatic rings. The molecule has 2 amide bonds. The second kappa shape index (κ2) is 7.42. The van der Waals surface area contributed by atoms with E-state index in [9.17, 15) is 14.0 Å². The third-order valence-electron chi connectivity index (χ3n) is 5.27. The van der Waals surface area contributed by atoms with Crippen molar-refractivity contribution < 1.29 is 18.7 Å². The number of halogens is 1. The van der Waals surface area contributed by atoms with E-state index in [0.717, 1.165) is 31.5 Å². The van der Waals surface area contributed by atoms with Gasteiger partial charge in [-0.1, -0.05) is 6.07 Å². The molecule has 0 aromatic heterocycles. The minimum absolute atomic E-state index is 0.0164. The SMILES string of the molecule is COc1cc(C[C@@]2(CCC(=O)N3CCCC3)CCC(=O)N2)ccc1F. The van der Waals surface area contributed by atoms with E-state index in [-0.39, 0.29) is 17.6 Å². The number of hydrogen-bond donors (Lipinski definition) is 1. The first-order valence-corrected chi connectivity index (χ1v) is 8.93. The van der Waals surface area contributed by atoms with E-state index in [0.29, 0.717) is 32.1 Å². The number of carbonyl (C=O) groups is 2. The lowest BCUT2D eigenvalue weighted by atomic mass is 9.84. The zero-order chi connectivity index (χ0) is 17.9. The third-order valence-corrected chi connectivity index (χ3v) is 5.27. The van der Waals surface area contributed by atoms with Crippen LogP contribution in [0.1, 0.15) is 44.1 Å². The summed E-state index contributed by atoms with van der Waals surface area (Å²) in [5.74, 6) is -0.0255. The second-order valence-corrected chi connectivity index (χ2v) is 7.06. The van der Waals surface area contributed by atoms with Crippen molar-refractivity contribution in [2.45, 2.75) is 50.5 Å². The summed E-state index contributed by atoms with van der Waals surface area (Å²) in [6, 6.07) is 4.77. The van der Waals surface area contributed by atoms with Crippen molar-refractivity contribution in [3.8, 4) is 5.75 Å². The van der Waals surface area contributed by atoms with Crippen LogP contribution in [0.3, 0.4) is 0 Å². The van der Waals surface area contributed by atoms with Gasteiger partial charge in [-0.15, -0.1) is 0 Å². The summed E-state index contributed by atoms with van der Waals surface area (Å²) >= 11 is 0. The summed E-state index contributed by atoms with van der Waals surface area (Å²) in [4.78, 5) is 26.1. The highest BCUT2D eigenvalue weighted by atomic mass is 19.1. The first-order chi connectivity index (χ1) is 12.0. The number of methoxy groups -OCH3 is 1. The molecule has 2 saturated heterocycles. The average Bonchev–Trinajstić information content (AvgIpc) is 3.25. The van der Waals surface area contributed by atoms with Crippen LogP contribution in [0.15, 0.2) is 18.2 Å².